The SMILES string of the molecule is Nc1cc(CNCc2cccs2)nc2ccccc12. The summed E-state index contributed by atoms with van der Waals surface area (Å²) in [7, 11) is 0. The van der Waals surface area contributed by atoms with E-state index >= 15 is 0 Å². The molecular formula is C15H15N3S. The van der Waals surface area contributed by atoms with E-state index in [1.54, 1.807) is 11.3 Å². The first-order chi connectivity index (χ1) is 9.33. The fraction of sp³-hybridized carbons (Fsp3) is 0.133. The number of pyridine rings is 1. The number of hydrogen-bond acceptors (Lipinski definition) is 4. The van der Waals surface area contributed by atoms with Crippen molar-refractivity contribution in [2.45, 2.75) is 13.1 Å². The number of benzene rings is 1. The van der Waals surface area contributed by atoms with Crippen LogP contribution in [0.4, 0.5) is 5.69 Å². The maximum atomic E-state index is 6.06. The van der Waals surface area contributed by atoms with Gasteiger partial charge in [-0.3, -0.25) is 4.98 Å². The molecule has 0 aliphatic rings. The molecule has 3 nitrogen and oxygen atoms in total. The first kappa shape index (κ1) is 12.1. The first-order valence-electron chi connectivity index (χ1n) is 6.20. The van der Waals surface area contributed by atoms with Crippen LogP contribution in [0.3, 0.4) is 0 Å². The standard InChI is InChI=1S/C15H15N3S/c16-14-8-11(9-17-10-12-4-3-7-19-12)18-15-6-2-1-5-13(14)15/h1-8,17H,9-10H2,(H2,16,18). The molecule has 0 atom stereocenters. The molecule has 0 fully saturated rings. The van der Waals surface area contributed by atoms with Gasteiger partial charge in [0.1, 0.15) is 0 Å². The summed E-state index contributed by atoms with van der Waals surface area (Å²) in [5.74, 6) is 0. The Kier molecular flexibility index (Phi) is 3.44. The van der Waals surface area contributed by atoms with E-state index < -0.39 is 0 Å². The lowest BCUT2D eigenvalue weighted by Gasteiger charge is -2.07. The Morgan fingerprint density at radius 2 is 2.00 bits per heavy atom. The van der Waals surface area contributed by atoms with E-state index in [2.05, 4.69) is 27.8 Å². The lowest BCUT2D eigenvalue weighted by molar-refractivity contribution is 0.689. The van der Waals surface area contributed by atoms with Gasteiger partial charge in [-0.25, -0.2) is 0 Å². The molecule has 4 heteroatoms. The third-order valence-electron chi connectivity index (χ3n) is 2.99. The molecule has 2 heterocycles. The Hall–Kier alpha value is -1.91. The van der Waals surface area contributed by atoms with Crippen LogP contribution in [-0.4, -0.2) is 4.98 Å². The van der Waals surface area contributed by atoms with Gasteiger partial charge in [0.2, 0.25) is 0 Å². The number of para-hydroxylation sites is 1. The molecule has 3 aromatic rings. The summed E-state index contributed by atoms with van der Waals surface area (Å²) in [5.41, 5.74) is 8.78. The summed E-state index contributed by atoms with van der Waals surface area (Å²) >= 11 is 1.76. The van der Waals surface area contributed by atoms with Gasteiger partial charge in [-0.15, -0.1) is 11.3 Å². The van der Waals surface area contributed by atoms with Gasteiger partial charge in [0.25, 0.3) is 0 Å². The molecule has 0 unspecified atom stereocenters. The molecule has 3 N–H and O–H groups in total. The average Bonchev–Trinajstić information content (AvgIpc) is 2.92. The quantitative estimate of drug-likeness (QED) is 0.765. The van der Waals surface area contributed by atoms with Crippen LogP contribution < -0.4 is 11.1 Å². The molecule has 2 aromatic heterocycles. The number of nitrogen functional groups attached to an aromatic ring is 1. The number of nitrogens with zero attached hydrogens (tertiary/aromatic N) is 1. The summed E-state index contributed by atoms with van der Waals surface area (Å²) in [5, 5.41) is 6.49. The Labute approximate surface area is 116 Å². The molecule has 96 valence electrons. The minimum absolute atomic E-state index is 0.729. The van der Waals surface area contributed by atoms with Crippen molar-refractivity contribution in [3.8, 4) is 0 Å². The number of nitrogens with one attached hydrogen (secondary N) is 1. The third-order valence-corrected chi connectivity index (χ3v) is 3.86. The maximum Gasteiger partial charge on any atom is 0.0726 e. The van der Waals surface area contributed by atoms with E-state index in [9.17, 15) is 0 Å². The normalized spacial score (nSPS) is 10.9. The van der Waals surface area contributed by atoms with Crippen LogP contribution in [-0.2, 0) is 13.1 Å². The van der Waals surface area contributed by atoms with Gasteiger partial charge in [0, 0.05) is 29.0 Å². The zero-order chi connectivity index (χ0) is 13.1. The van der Waals surface area contributed by atoms with Gasteiger partial charge < -0.3 is 11.1 Å². The van der Waals surface area contributed by atoms with Gasteiger partial charge in [0.05, 0.1) is 11.2 Å². The summed E-state index contributed by atoms with van der Waals surface area (Å²) in [6.45, 7) is 1.60. The second-order valence-corrected chi connectivity index (χ2v) is 5.44. The number of aromatic nitrogens is 1. The number of fused-ring (bicyclic) bond motifs is 1. The second-order valence-electron chi connectivity index (χ2n) is 4.40. The second kappa shape index (κ2) is 5.38. The Morgan fingerprint density at radius 3 is 2.84 bits per heavy atom. The molecule has 0 radical (unpaired) electrons. The van der Waals surface area contributed by atoms with Crippen molar-refractivity contribution in [2.75, 3.05) is 5.73 Å². The van der Waals surface area contributed by atoms with E-state index in [4.69, 9.17) is 5.73 Å². The summed E-state index contributed by atoms with van der Waals surface area (Å²) in [6, 6.07) is 14.1. The lowest BCUT2D eigenvalue weighted by Crippen LogP contribution is -2.13. The van der Waals surface area contributed by atoms with Crippen molar-refractivity contribution < 1.29 is 0 Å². The van der Waals surface area contributed by atoms with Crippen molar-refractivity contribution in [1.82, 2.24) is 10.3 Å². The van der Waals surface area contributed by atoms with E-state index in [1.807, 2.05) is 30.3 Å². The third kappa shape index (κ3) is 2.75. The van der Waals surface area contributed by atoms with Crippen molar-refractivity contribution in [3.05, 3.63) is 58.4 Å². The smallest absolute Gasteiger partial charge is 0.0726 e. The molecule has 0 saturated heterocycles. The fourth-order valence-electron chi connectivity index (χ4n) is 2.08. The number of rotatable bonds is 4. The van der Waals surface area contributed by atoms with Crippen LogP contribution >= 0.6 is 11.3 Å². The fourth-order valence-corrected chi connectivity index (χ4v) is 2.75. The molecule has 0 aliphatic heterocycles. The van der Waals surface area contributed by atoms with Crippen molar-refractivity contribution in [2.24, 2.45) is 0 Å². The lowest BCUT2D eigenvalue weighted by atomic mass is 10.1. The molecule has 0 spiro atoms. The molecule has 0 saturated carbocycles. The van der Waals surface area contributed by atoms with Crippen LogP contribution in [0.2, 0.25) is 0 Å². The topological polar surface area (TPSA) is 50.9 Å². The highest BCUT2D eigenvalue weighted by atomic mass is 32.1. The van der Waals surface area contributed by atoms with Crippen LogP contribution in [0, 0.1) is 0 Å². The summed E-state index contributed by atoms with van der Waals surface area (Å²) in [4.78, 5) is 5.94. The Balaban J connectivity index is 1.74. The maximum absolute atomic E-state index is 6.06. The number of hydrogen-bond donors (Lipinski definition) is 2. The van der Waals surface area contributed by atoms with Gasteiger partial charge in [-0.2, -0.15) is 0 Å². The Morgan fingerprint density at radius 1 is 1.11 bits per heavy atom. The van der Waals surface area contributed by atoms with Crippen LogP contribution in [0.15, 0.2) is 47.8 Å². The van der Waals surface area contributed by atoms with Crippen molar-refractivity contribution in [3.63, 3.8) is 0 Å². The number of anilines is 1. The largest absolute Gasteiger partial charge is 0.398 e. The zero-order valence-electron chi connectivity index (χ0n) is 10.5. The van der Waals surface area contributed by atoms with Gasteiger partial charge >= 0.3 is 0 Å². The van der Waals surface area contributed by atoms with E-state index in [0.29, 0.717) is 0 Å². The minimum Gasteiger partial charge on any atom is -0.398 e. The van der Waals surface area contributed by atoms with Gasteiger partial charge in [-0.05, 0) is 23.6 Å². The minimum atomic E-state index is 0.729. The van der Waals surface area contributed by atoms with Gasteiger partial charge in [0.15, 0.2) is 0 Å². The highest BCUT2D eigenvalue weighted by Gasteiger charge is 2.02. The summed E-state index contributed by atoms with van der Waals surface area (Å²) in [6.07, 6.45) is 0. The van der Waals surface area contributed by atoms with E-state index in [1.165, 1.54) is 4.88 Å². The summed E-state index contributed by atoms with van der Waals surface area (Å²) < 4.78 is 0. The number of thiophene rings is 1. The van der Waals surface area contributed by atoms with Crippen molar-refractivity contribution in [1.29, 1.82) is 0 Å². The monoisotopic (exact) mass is 269 g/mol. The molecule has 3 rings (SSSR count). The molecule has 0 bridgehead atoms. The van der Waals surface area contributed by atoms with Crippen LogP contribution in [0.1, 0.15) is 10.6 Å². The van der Waals surface area contributed by atoms with Gasteiger partial charge in [-0.1, -0.05) is 24.3 Å². The van der Waals surface area contributed by atoms with Crippen LogP contribution in [0.5, 0.6) is 0 Å². The zero-order valence-corrected chi connectivity index (χ0v) is 11.3. The number of nitrogens with two attached hydrogens (primary N) is 1. The molecule has 0 aliphatic carbocycles. The average molecular weight is 269 g/mol. The molecule has 0 amide bonds. The predicted octanol–water partition coefficient (Wildman–Crippen LogP) is 3.17. The molecular weight excluding hydrogens is 254 g/mol. The molecule has 19 heavy (non-hydrogen) atoms. The predicted molar refractivity (Wildman–Crippen MR) is 81.0 cm³/mol. The first-order valence-corrected chi connectivity index (χ1v) is 7.08. The van der Waals surface area contributed by atoms with E-state index in [-0.39, 0.29) is 0 Å². The van der Waals surface area contributed by atoms with E-state index in [0.717, 1.165) is 35.4 Å². The highest BCUT2D eigenvalue weighted by Crippen LogP contribution is 2.20. The Bertz CT molecular complexity index is 677. The molecule has 1 aromatic carbocycles. The van der Waals surface area contributed by atoms with Crippen molar-refractivity contribution >= 4 is 27.9 Å². The van der Waals surface area contributed by atoms with Crippen LogP contribution in [0.25, 0.3) is 10.9 Å². The highest BCUT2D eigenvalue weighted by molar-refractivity contribution is 7.09.